The van der Waals surface area contributed by atoms with Crippen LogP contribution in [0.25, 0.3) is 0 Å². The van der Waals surface area contributed by atoms with E-state index in [1.165, 1.54) is 24.8 Å². The fraction of sp³-hybridized carbons (Fsp3) is 0.438. The molecule has 0 unspecified atom stereocenters. The molecule has 0 heterocycles. The number of benzene rings is 1. The molecule has 0 aliphatic heterocycles. The monoisotopic (exact) mass is 258 g/mol. The van der Waals surface area contributed by atoms with E-state index < -0.39 is 0 Å². The van der Waals surface area contributed by atoms with Gasteiger partial charge in [-0.1, -0.05) is 23.8 Å². The van der Waals surface area contributed by atoms with Gasteiger partial charge in [0, 0.05) is 19.2 Å². The maximum atomic E-state index is 11.4. The maximum absolute atomic E-state index is 11.4. The summed E-state index contributed by atoms with van der Waals surface area (Å²) >= 11 is 0. The van der Waals surface area contributed by atoms with Crippen LogP contribution in [0.4, 0.5) is 0 Å². The Balaban J connectivity index is 1.72. The highest BCUT2D eigenvalue weighted by atomic mass is 16.1. The summed E-state index contributed by atoms with van der Waals surface area (Å²) in [6.07, 6.45) is 7.41. The fourth-order valence-electron chi connectivity index (χ4n) is 2.36. The Morgan fingerprint density at radius 1 is 1.26 bits per heavy atom. The lowest BCUT2D eigenvalue weighted by Crippen LogP contribution is -2.18. The molecule has 2 rings (SSSR count). The molecule has 1 aliphatic carbocycles. The summed E-state index contributed by atoms with van der Waals surface area (Å²) in [7, 11) is 1.65. The summed E-state index contributed by atoms with van der Waals surface area (Å²) in [6, 6.07) is 7.75. The molecular weight excluding hydrogens is 236 g/mol. The van der Waals surface area contributed by atoms with Crippen molar-refractivity contribution in [3.8, 4) is 0 Å². The number of rotatable bonds is 6. The summed E-state index contributed by atoms with van der Waals surface area (Å²) in [5.41, 5.74) is 3.53. The van der Waals surface area contributed by atoms with Crippen LogP contribution in [0.1, 0.15) is 41.6 Å². The SMILES string of the molecule is CNC(=O)c1ccc(CNCCC2=CCCC2)cc1. The lowest BCUT2D eigenvalue weighted by molar-refractivity contribution is 0.0963. The Bertz CT molecular complexity index is 448. The van der Waals surface area contributed by atoms with Crippen molar-refractivity contribution in [2.45, 2.75) is 32.2 Å². The Hall–Kier alpha value is -1.61. The minimum absolute atomic E-state index is 0.0346. The zero-order valence-electron chi connectivity index (χ0n) is 11.5. The Labute approximate surface area is 115 Å². The molecule has 19 heavy (non-hydrogen) atoms. The van der Waals surface area contributed by atoms with Gasteiger partial charge >= 0.3 is 0 Å². The first-order valence-electron chi connectivity index (χ1n) is 6.99. The third-order valence-corrected chi connectivity index (χ3v) is 3.53. The molecule has 1 aliphatic rings. The molecular formula is C16H22N2O. The van der Waals surface area contributed by atoms with Crippen LogP contribution in [0.15, 0.2) is 35.9 Å². The first-order chi connectivity index (χ1) is 9.29. The van der Waals surface area contributed by atoms with Gasteiger partial charge in [0.25, 0.3) is 5.91 Å². The van der Waals surface area contributed by atoms with E-state index in [0.29, 0.717) is 5.56 Å². The van der Waals surface area contributed by atoms with Gasteiger partial charge in [0.15, 0.2) is 0 Å². The fourth-order valence-corrected chi connectivity index (χ4v) is 2.36. The average Bonchev–Trinajstić information content (AvgIpc) is 2.96. The zero-order chi connectivity index (χ0) is 13.5. The first kappa shape index (κ1) is 13.8. The molecule has 0 atom stereocenters. The number of allylic oxidation sites excluding steroid dienone is 1. The summed E-state index contributed by atoms with van der Waals surface area (Å²) in [6.45, 7) is 1.89. The number of carbonyl (C=O) groups is 1. The molecule has 0 aromatic heterocycles. The zero-order valence-corrected chi connectivity index (χ0v) is 11.5. The van der Waals surface area contributed by atoms with E-state index in [1.807, 2.05) is 24.3 Å². The van der Waals surface area contributed by atoms with Crippen LogP contribution in [0.5, 0.6) is 0 Å². The van der Waals surface area contributed by atoms with Gasteiger partial charge in [0.1, 0.15) is 0 Å². The number of hydrogen-bond donors (Lipinski definition) is 2. The van der Waals surface area contributed by atoms with Gasteiger partial charge in [-0.25, -0.2) is 0 Å². The average molecular weight is 258 g/mol. The third kappa shape index (κ3) is 4.21. The molecule has 0 radical (unpaired) electrons. The number of carbonyl (C=O) groups excluding carboxylic acids is 1. The molecule has 3 heteroatoms. The van der Waals surface area contributed by atoms with Crippen molar-refractivity contribution >= 4 is 5.91 Å². The van der Waals surface area contributed by atoms with Crippen molar-refractivity contribution in [2.24, 2.45) is 0 Å². The van der Waals surface area contributed by atoms with E-state index in [1.54, 1.807) is 12.6 Å². The number of amides is 1. The summed E-state index contributed by atoms with van der Waals surface area (Å²) in [5, 5.41) is 6.07. The molecule has 0 saturated carbocycles. The largest absolute Gasteiger partial charge is 0.355 e. The van der Waals surface area contributed by atoms with E-state index >= 15 is 0 Å². The molecule has 102 valence electrons. The summed E-state index contributed by atoms with van der Waals surface area (Å²) < 4.78 is 0. The quantitative estimate of drug-likeness (QED) is 0.608. The van der Waals surface area contributed by atoms with E-state index in [0.717, 1.165) is 19.5 Å². The van der Waals surface area contributed by atoms with Crippen molar-refractivity contribution < 1.29 is 4.79 Å². The van der Waals surface area contributed by atoms with Crippen molar-refractivity contribution in [3.05, 3.63) is 47.0 Å². The van der Waals surface area contributed by atoms with Gasteiger partial charge in [-0.05, 0) is 49.9 Å². The first-order valence-corrected chi connectivity index (χ1v) is 6.99. The minimum Gasteiger partial charge on any atom is -0.355 e. The molecule has 0 spiro atoms. The topological polar surface area (TPSA) is 41.1 Å². The lowest BCUT2D eigenvalue weighted by atomic mass is 10.1. The highest BCUT2D eigenvalue weighted by Crippen LogP contribution is 2.19. The molecule has 3 nitrogen and oxygen atoms in total. The Kier molecular flexibility index (Phi) is 5.16. The summed E-state index contributed by atoms with van der Waals surface area (Å²) in [5.74, 6) is -0.0346. The molecule has 0 fully saturated rings. The highest BCUT2D eigenvalue weighted by molar-refractivity contribution is 5.93. The maximum Gasteiger partial charge on any atom is 0.251 e. The predicted octanol–water partition coefficient (Wildman–Crippen LogP) is 2.64. The van der Waals surface area contributed by atoms with E-state index in [2.05, 4.69) is 16.7 Å². The highest BCUT2D eigenvalue weighted by Gasteiger charge is 2.04. The third-order valence-electron chi connectivity index (χ3n) is 3.53. The smallest absolute Gasteiger partial charge is 0.251 e. The summed E-state index contributed by atoms with van der Waals surface area (Å²) in [4.78, 5) is 11.4. The number of nitrogens with one attached hydrogen (secondary N) is 2. The van der Waals surface area contributed by atoms with Crippen LogP contribution in [0.2, 0.25) is 0 Å². The molecule has 1 aromatic carbocycles. The molecule has 1 amide bonds. The van der Waals surface area contributed by atoms with E-state index in [9.17, 15) is 4.79 Å². The van der Waals surface area contributed by atoms with Gasteiger partial charge in [-0.2, -0.15) is 0 Å². The van der Waals surface area contributed by atoms with Gasteiger partial charge in [0.2, 0.25) is 0 Å². The van der Waals surface area contributed by atoms with Crippen molar-refractivity contribution in [3.63, 3.8) is 0 Å². The lowest BCUT2D eigenvalue weighted by Gasteiger charge is -2.06. The molecule has 1 aromatic rings. The Morgan fingerprint density at radius 2 is 2.05 bits per heavy atom. The van der Waals surface area contributed by atoms with Crippen LogP contribution in [-0.2, 0) is 6.54 Å². The molecule has 0 saturated heterocycles. The standard InChI is InChI=1S/C16H22N2O/c1-17-16(19)15-8-6-14(7-9-15)12-18-11-10-13-4-2-3-5-13/h4,6-9,18H,2-3,5,10-12H2,1H3,(H,17,19). The van der Waals surface area contributed by atoms with Gasteiger partial charge in [0.05, 0.1) is 0 Å². The van der Waals surface area contributed by atoms with E-state index in [-0.39, 0.29) is 5.91 Å². The van der Waals surface area contributed by atoms with Crippen molar-refractivity contribution in [1.82, 2.24) is 10.6 Å². The van der Waals surface area contributed by atoms with Crippen LogP contribution in [0.3, 0.4) is 0 Å². The number of hydrogen-bond acceptors (Lipinski definition) is 2. The molecule has 2 N–H and O–H groups in total. The molecule has 0 bridgehead atoms. The minimum atomic E-state index is -0.0346. The second kappa shape index (κ2) is 7.10. The van der Waals surface area contributed by atoms with Gasteiger partial charge in [-0.15, -0.1) is 0 Å². The second-order valence-corrected chi connectivity index (χ2v) is 4.96. The van der Waals surface area contributed by atoms with Gasteiger partial charge < -0.3 is 10.6 Å². The normalized spacial score (nSPS) is 14.3. The van der Waals surface area contributed by atoms with Gasteiger partial charge in [-0.3, -0.25) is 4.79 Å². The van der Waals surface area contributed by atoms with E-state index in [4.69, 9.17) is 0 Å². The van der Waals surface area contributed by atoms with Crippen molar-refractivity contribution in [1.29, 1.82) is 0 Å². The van der Waals surface area contributed by atoms with Crippen LogP contribution < -0.4 is 10.6 Å². The van der Waals surface area contributed by atoms with Crippen LogP contribution in [0, 0.1) is 0 Å². The van der Waals surface area contributed by atoms with Crippen molar-refractivity contribution in [2.75, 3.05) is 13.6 Å². The predicted molar refractivity (Wildman–Crippen MR) is 78.1 cm³/mol. The Morgan fingerprint density at radius 3 is 2.68 bits per heavy atom. The van der Waals surface area contributed by atoms with Crippen LogP contribution in [-0.4, -0.2) is 19.5 Å². The van der Waals surface area contributed by atoms with Crippen LogP contribution >= 0.6 is 0 Å². The second-order valence-electron chi connectivity index (χ2n) is 4.96.